The molecule has 20 heavy (non-hydrogen) atoms. The minimum absolute atomic E-state index is 0.00315. The molecule has 1 aromatic rings. The number of amides is 1. The Bertz CT molecular complexity index is 432. The van der Waals surface area contributed by atoms with E-state index in [1.165, 1.54) is 12.8 Å². The fraction of sp³-hybridized carbons (Fsp3) is 0.600. The quantitative estimate of drug-likeness (QED) is 0.863. The van der Waals surface area contributed by atoms with E-state index in [1.54, 1.807) is 6.20 Å². The molecule has 0 aliphatic carbocycles. The molecule has 5 nitrogen and oxygen atoms in total. The molecule has 110 valence electrons. The number of rotatable bonds is 5. The van der Waals surface area contributed by atoms with Gasteiger partial charge in [0.25, 0.3) is 0 Å². The van der Waals surface area contributed by atoms with Gasteiger partial charge in [-0.15, -0.1) is 0 Å². The maximum Gasteiger partial charge on any atom is 0.224 e. The summed E-state index contributed by atoms with van der Waals surface area (Å²) in [6, 6.07) is 3.90. The Labute approximate surface area is 120 Å². The van der Waals surface area contributed by atoms with E-state index in [1.807, 2.05) is 12.1 Å². The first kappa shape index (κ1) is 14.8. The van der Waals surface area contributed by atoms with E-state index >= 15 is 0 Å². The van der Waals surface area contributed by atoms with Crippen LogP contribution in [0.5, 0.6) is 0 Å². The standard InChI is InChI=1S/C15H24N4O/c1-12-4-3-9-19(11-12)14-7-6-13(10-17-14)18-15(20)5-2-8-16/h6-7,10,12H,2-5,8-9,11,16H2,1H3,(H,18,20). The summed E-state index contributed by atoms with van der Waals surface area (Å²) in [5, 5.41) is 2.84. The molecule has 2 rings (SSSR count). The second kappa shape index (κ2) is 7.24. The highest BCUT2D eigenvalue weighted by molar-refractivity contribution is 5.90. The Hall–Kier alpha value is -1.62. The Kier molecular flexibility index (Phi) is 5.35. The summed E-state index contributed by atoms with van der Waals surface area (Å²) in [6.07, 6.45) is 5.42. The molecule has 1 aromatic heterocycles. The van der Waals surface area contributed by atoms with E-state index in [-0.39, 0.29) is 5.91 Å². The van der Waals surface area contributed by atoms with Gasteiger partial charge in [0.15, 0.2) is 0 Å². The number of piperidine rings is 1. The van der Waals surface area contributed by atoms with Crippen molar-refractivity contribution in [2.45, 2.75) is 32.6 Å². The number of carbonyl (C=O) groups is 1. The largest absolute Gasteiger partial charge is 0.356 e. The van der Waals surface area contributed by atoms with E-state index < -0.39 is 0 Å². The molecule has 3 N–H and O–H groups in total. The van der Waals surface area contributed by atoms with E-state index in [2.05, 4.69) is 22.1 Å². The molecule has 1 aliphatic rings. The number of nitrogens with one attached hydrogen (secondary N) is 1. The van der Waals surface area contributed by atoms with Gasteiger partial charge in [0.05, 0.1) is 11.9 Å². The Morgan fingerprint density at radius 2 is 2.40 bits per heavy atom. The molecule has 2 heterocycles. The lowest BCUT2D eigenvalue weighted by atomic mass is 10.0. The molecule has 1 atom stereocenters. The summed E-state index contributed by atoms with van der Waals surface area (Å²) in [7, 11) is 0. The monoisotopic (exact) mass is 276 g/mol. The molecule has 0 spiro atoms. The van der Waals surface area contributed by atoms with Gasteiger partial charge in [0.2, 0.25) is 5.91 Å². The molecule has 0 aromatic carbocycles. The van der Waals surface area contributed by atoms with Crippen molar-refractivity contribution < 1.29 is 4.79 Å². The zero-order valence-electron chi connectivity index (χ0n) is 12.1. The maximum absolute atomic E-state index is 11.6. The second-order valence-electron chi connectivity index (χ2n) is 5.54. The van der Waals surface area contributed by atoms with Crippen molar-refractivity contribution in [3.63, 3.8) is 0 Å². The number of hydrogen-bond acceptors (Lipinski definition) is 4. The molecule has 5 heteroatoms. The topological polar surface area (TPSA) is 71.2 Å². The Balaban J connectivity index is 1.90. The van der Waals surface area contributed by atoms with Crippen LogP contribution in [0.15, 0.2) is 18.3 Å². The molecule has 1 amide bonds. The zero-order chi connectivity index (χ0) is 14.4. The van der Waals surface area contributed by atoms with Crippen LogP contribution < -0.4 is 16.0 Å². The van der Waals surface area contributed by atoms with Crippen LogP contribution in [0.3, 0.4) is 0 Å². The lowest BCUT2D eigenvalue weighted by molar-refractivity contribution is -0.116. The van der Waals surface area contributed by atoms with Gasteiger partial charge in [-0.05, 0) is 43.9 Å². The summed E-state index contributed by atoms with van der Waals surface area (Å²) < 4.78 is 0. The Morgan fingerprint density at radius 1 is 1.55 bits per heavy atom. The third-order valence-electron chi connectivity index (χ3n) is 3.62. The highest BCUT2D eigenvalue weighted by atomic mass is 16.1. The van der Waals surface area contributed by atoms with Crippen molar-refractivity contribution in [2.24, 2.45) is 11.7 Å². The summed E-state index contributed by atoms with van der Waals surface area (Å²) in [5.74, 6) is 1.72. The number of anilines is 2. The van der Waals surface area contributed by atoms with Crippen LogP contribution in [-0.4, -0.2) is 30.5 Å². The van der Waals surface area contributed by atoms with Gasteiger partial charge in [-0.2, -0.15) is 0 Å². The third-order valence-corrected chi connectivity index (χ3v) is 3.62. The summed E-state index contributed by atoms with van der Waals surface area (Å²) in [4.78, 5) is 18.4. The van der Waals surface area contributed by atoms with Gasteiger partial charge >= 0.3 is 0 Å². The number of nitrogens with zero attached hydrogens (tertiary/aromatic N) is 2. The van der Waals surface area contributed by atoms with Crippen LogP contribution in [0.4, 0.5) is 11.5 Å². The van der Waals surface area contributed by atoms with Crippen molar-refractivity contribution in [3.8, 4) is 0 Å². The van der Waals surface area contributed by atoms with Crippen molar-refractivity contribution in [3.05, 3.63) is 18.3 Å². The van der Waals surface area contributed by atoms with Crippen molar-refractivity contribution in [1.29, 1.82) is 0 Å². The third kappa shape index (κ3) is 4.20. The van der Waals surface area contributed by atoms with Crippen LogP contribution in [0, 0.1) is 5.92 Å². The predicted molar refractivity (Wildman–Crippen MR) is 81.8 cm³/mol. The van der Waals surface area contributed by atoms with E-state index in [0.29, 0.717) is 19.4 Å². The van der Waals surface area contributed by atoms with E-state index in [4.69, 9.17) is 5.73 Å². The van der Waals surface area contributed by atoms with Gasteiger partial charge < -0.3 is 16.0 Å². The molecular formula is C15H24N4O. The highest BCUT2D eigenvalue weighted by Crippen LogP contribution is 2.22. The molecule has 1 fully saturated rings. The Morgan fingerprint density at radius 3 is 3.05 bits per heavy atom. The molecule has 1 aliphatic heterocycles. The summed E-state index contributed by atoms with van der Waals surface area (Å²) >= 11 is 0. The predicted octanol–water partition coefficient (Wildman–Crippen LogP) is 2.00. The number of aromatic nitrogens is 1. The number of pyridine rings is 1. The van der Waals surface area contributed by atoms with Gasteiger partial charge in [0, 0.05) is 19.5 Å². The lowest BCUT2D eigenvalue weighted by Crippen LogP contribution is -2.34. The van der Waals surface area contributed by atoms with Crippen molar-refractivity contribution >= 4 is 17.4 Å². The van der Waals surface area contributed by atoms with Gasteiger partial charge in [-0.1, -0.05) is 6.92 Å². The van der Waals surface area contributed by atoms with Crippen LogP contribution in [0.1, 0.15) is 32.6 Å². The number of hydrogen-bond donors (Lipinski definition) is 2. The van der Waals surface area contributed by atoms with Crippen molar-refractivity contribution in [2.75, 3.05) is 29.9 Å². The highest BCUT2D eigenvalue weighted by Gasteiger charge is 2.17. The van der Waals surface area contributed by atoms with Crippen molar-refractivity contribution in [1.82, 2.24) is 4.98 Å². The van der Waals surface area contributed by atoms with Crippen LogP contribution >= 0.6 is 0 Å². The van der Waals surface area contributed by atoms with E-state index in [9.17, 15) is 4.79 Å². The average molecular weight is 276 g/mol. The molecule has 0 bridgehead atoms. The smallest absolute Gasteiger partial charge is 0.224 e. The van der Waals surface area contributed by atoms with E-state index in [0.717, 1.165) is 30.5 Å². The molecule has 1 saturated heterocycles. The molecule has 0 radical (unpaired) electrons. The minimum Gasteiger partial charge on any atom is -0.356 e. The molecule has 1 unspecified atom stereocenters. The van der Waals surface area contributed by atoms with Gasteiger partial charge in [0.1, 0.15) is 5.82 Å². The van der Waals surface area contributed by atoms with Gasteiger partial charge in [-0.25, -0.2) is 4.98 Å². The van der Waals surface area contributed by atoms with Crippen LogP contribution in [0.25, 0.3) is 0 Å². The number of nitrogens with two attached hydrogens (primary N) is 1. The maximum atomic E-state index is 11.6. The SMILES string of the molecule is CC1CCCN(c2ccc(NC(=O)CCCN)cn2)C1. The van der Waals surface area contributed by atoms with Crippen LogP contribution in [-0.2, 0) is 4.79 Å². The molecular weight excluding hydrogens is 252 g/mol. The fourth-order valence-corrected chi connectivity index (χ4v) is 2.53. The minimum atomic E-state index is -0.00315. The average Bonchev–Trinajstić information content (AvgIpc) is 2.46. The first-order chi connectivity index (χ1) is 9.69. The summed E-state index contributed by atoms with van der Waals surface area (Å²) in [5.41, 5.74) is 6.14. The zero-order valence-corrected chi connectivity index (χ0v) is 12.1. The lowest BCUT2D eigenvalue weighted by Gasteiger charge is -2.31. The first-order valence-electron chi connectivity index (χ1n) is 7.40. The fourth-order valence-electron chi connectivity index (χ4n) is 2.53. The normalized spacial score (nSPS) is 18.9. The van der Waals surface area contributed by atoms with Crippen LogP contribution in [0.2, 0.25) is 0 Å². The summed E-state index contributed by atoms with van der Waals surface area (Å²) in [6.45, 7) is 4.95. The number of carbonyl (C=O) groups excluding carboxylic acids is 1. The van der Waals surface area contributed by atoms with Gasteiger partial charge in [-0.3, -0.25) is 4.79 Å². The first-order valence-corrected chi connectivity index (χ1v) is 7.40. The second-order valence-corrected chi connectivity index (χ2v) is 5.54. The molecule has 0 saturated carbocycles.